The average Bonchev–Trinajstić information content (AvgIpc) is 2.73. The molecule has 9 heteroatoms. The Bertz CT molecular complexity index is 1060. The lowest BCUT2D eigenvalue weighted by Crippen LogP contribution is -2.61. The van der Waals surface area contributed by atoms with Crippen LogP contribution in [0.3, 0.4) is 0 Å². The van der Waals surface area contributed by atoms with Crippen molar-refractivity contribution in [3.05, 3.63) is 59.2 Å². The van der Waals surface area contributed by atoms with Gasteiger partial charge in [-0.2, -0.15) is 0 Å². The zero-order valence-electron chi connectivity index (χ0n) is 15.2. The molecule has 29 heavy (non-hydrogen) atoms. The molecular weight excluding hydrogens is 380 g/mol. The summed E-state index contributed by atoms with van der Waals surface area (Å²) < 4.78 is 10.6. The van der Waals surface area contributed by atoms with Gasteiger partial charge in [0.05, 0.1) is 12.2 Å². The molecule has 0 bridgehead atoms. The SMILES string of the molecule is O=c1oc2cc(NC3[C@@H](O)OC(CO)[C@H](O)[C@H]3O)ccc2cc1-c1ccncc1. The number of nitrogens with zero attached hydrogens (tertiary/aromatic N) is 1. The lowest BCUT2D eigenvalue weighted by Gasteiger charge is -2.40. The van der Waals surface area contributed by atoms with E-state index in [-0.39, 0.29) is 0 Å². The fraction of sp³-hybridized carbons (Fsp3) is 0.300. The number of pyridine rings is 1. The Morgan fingerprint density at radius 3 is 2.52 bits per heavy atom. The molecule has 9 nitrogen and oxygen atoms in total. The van der Waals surface area contributed by atoms with Crippen LogP contribution in [0.2, 0.25) is 0 Å². The van der Waals surface area contributed by atoms with E-state index in [9.17, 15) is 20.1 Å². The van der Waals surface area contributed by atoms with Crippen LogP contribution >= 0.6 is 0 Å². The molecule has 152 valence electrons. The van der Waals surface area contributed by atoms with Gasteiger partial charge < -0.3 is 34.9 Å². The second-order valence-corrected chi connectivity index (χ2v) is 6.84. The van der Waals surface area contributed by atoms with E-state index in [4.69, 9.17) is 14.3 Å². The van der Waals surface area contributed by atoms with E-state index < -0.39 is 42.9 Å². The summed E-state index contributed by atoms with van der Waals surface area (Å²) in [5.41, 5.74) is 1.34. The smallest absolute Gasteiger partial charge is 0.344 e. The molecule has 3 heterocycles. The summed E-state index contributed by atoms with van der Waals surface area (Å²) in [6, 6.07) is 9.05. The van der Waals surface area contributed by atoms with Crippen molar-refractivity contribution in [1.82, 2.24) is 4.98 Å². The molecule has 1 fully saturated rings. The van der Waals surface area contributed by atoms with Crippen molar-refractivity contribution in [3.8, 4) is 11.1 Å². The van der Waals surface area contributed by atoms with E-state index in [0.717, 1.165) is 0 Å². The fourth-order valence-electron chi connectivity index (χ4n) is 3.38. The standard InChI is InChI=1S/C20H20N2O7/c23-9-15-17(24)18(25)16(20(27)29-15)22-12-2-1-11-7-13(10-3-5-21-6-4-10)19(26)28-14(11)8-12/h1-8,15-18,20,22-25,27H,9H2/t15?,16?,17-,18-,20-/m0/s1. The maximum Gasteiger partial charge on any atom is 0.344 e. The number of anilines is 1. The number of aliphatic hydroxyl groups excluding tert-OH is 4. The van der Waals surface area contributed by atoms with E-state index >= 15 is 0 Å². The molecule has 0 saturated carbocycles. The zero-order valence-corrected chi connectivity index (χ0v) is 15.2. The van der Waals surface area contributed by atoms with Crippen molar-refractivity contribution < 1.29 is 29.6 Å². The third-order valence-electron chi connectivity index (χ3n) is 4.96. The maximum absolute atomic E-state index is 12.4. The Balaban J connectivity index is 1.62. The molecule has 0 aliphatic carbocycles. The second-order valence-electron chi connectivity index (χ2n) is 6.84. The van der Waals surface area contributed by atoms with Crippen LogP contribution in [0.15, 0.2) is 58.0 Å². The van der Waals surface area contributed by atoms with Gasteiger partial charge in [0.15, 0.2) is 6.29 Å². The Morgan fingerprint density at radius 1 is 1.03 bits per heavy atom. The number of aromatic nitrogens is 1. The van der Waals surface area contributed by atoms with E-state index in [0.29, 0.717) is 27.8 Å². The van der Waals surface area contributed by atoms with Crippen LogP contribution in [-0.2, 0) is 4.74 Å². The van der Waals surface area contributed by atoms with Gasteiger partial charge in [-0.15, -0.1) is 0 Å². The van der Waals surface area contributed by atoms with Crippen LogP contribution in [0, 0.1) is 0 Å². The first-order valence-electron chi connectivity index (χ1n) is 9.03. The summed E-state index contributed by atoms with van der Waals surface area (Å²) in [4.78, 5) is 16.3. The quantitative estimate of drug-likeness (QED) is 0.384. The third-order valence-corrected chi connectivity index (χ3v) is 4.96. The predicted octanol–water partition coefficient (Wildman–Crippen LogP) is 0.0668. The number of aliphatic hydroxyl groups is 4. The first-order chi connectivity index (χ1) is 14.0. The van der Waals surface area contributed by atoms with Gasteiger partial charge in [-0.25, -0.2) is 4.79 Å². The number of rotatable bonds is 4. The number of hydrogen-bond acceptors (Lipinski definition) is 9. The summed E-state index contributed by atoms with van der Waals surface area (Å²) in [6.07, 6.45) is -2.12. The highest BCUT2D eigenvalue weighted by atomic mass is 16.6. The van der Waals surface area contributed by atoms with E-state index in [2.05, 4.69) is 10.3 Å². The molecule has 1 saturated heterocycles. The first kappa shape index (κ1) is 19.5. The van der Waals surface area contributed by atoms with Crippen LogP contribution < -0.4 is 10.9 Å². The number of benzene rings is 1. The summed E-state index contributed by atoms with van der Waals surface area (Å²) in [5, 5.41) is 43.1. The van der Waals surface area contributed by atoms with Crippen LogP contribution in [0.4, 0.5) is 5.69 Å². The Hall–Kier alpha value is -2.82. The van der Waals surface area contributed by atoms with Crippen LogP contribution in [-0.4, -0.2) is 62.7 Å². The lowest BCUT2D eigenvalue weighted by molar-refractivity contribution is -0.245. The minimum atomic E-state index is -1.46. The van der Waals surface area contributed by atoms with Gasteiger partial charge in [0, 0.05) is 29.5 Å². The van der Waals surface area contributed by atoms with Crippen molar-refractivity contribution in [3.63, 3.8) is 0 Å². The summed E-state index contributed by atoms with van der Waals surface area (Å²) in [5.74, 6) is 0. The molecule has 0 amide bonds. The number of ether oxygens (including phenoxy) is 1. The minimum absolute atomic E-state index is 0.312. The molecule has 1 aliphatic rings. The van der Waals surface area contributed by atoms with Gasteiger partial charge in [-0.1, -0.05) is 0 Å². The normalized spacial score (nSPS) is 27.1. The molecule has 5 N–H and O–H groups in total. The maximum atomic E-state index is 12.4. The van der Waals surface area contributed by atoms with Gasteiger partial charge in [0.25, 0.3) is 0 Å². The molecule has 2 unspecified atom stereocenters. The Morgan fingerprint density at radius 2 is 1.79 bits per heavy atom. The number of fused-ring (bicyclic) bond motifs is 1. The highest BCUT2D eigenvalue weighted by Gasteiger charge is 2.43. The van der Waals surface area contributed by atoms with Crippen molar-refractivity contribution >= 4 is 16.7 Å². The summed E-state index contributed by atoms with van der Waals surface area (Å²) in [6.45, 7) is -0.539. The molecule has 5 atom stereocenters. The number of nitrogens with one attached hydrogen (secondary N) is 1. The molecule has 3 aromatic rings. The van der Waals surface area contributed by atoms with Crippen LogP contribution in [0.5, 0.6) is 0 Å². The van der Waals surface area contributed by atoms with Crippen molar-refractivity contribution in [2.45, 2.75) is 30.6 Å². The molecular formula is C20H20N2O7. The molecule has 0 radical (unpaired) electrons. The van der Waals surface area contributed by atoms with Gasteiger partial charge in [0.2, 0.25) is 0 Å². The highest BCUT2D eigenvalue weighted by Crippen LogP contribution is 2.26. The Labute approximate surface area is 164 Å². The fourth-order valence-corrected chi connectivity index (χ4v) is 3.38. The molecule has 1 aromatic carbocycles. The van der Waals surface area contributed by atoms with Gasteiger partial charge in [0.1, 0.15) is 29.9 Å². The molecule has 0 spiro atoms. The van der Waals surface area contributed by atoms with Crippen LogP contribution in [0.1, 0.15) is 0 Å². The summed E-state index contributed by atoms with van der Waals surface area (Å²) >= 11 is 0. The Kier molecular flexibility index (Phi) is 5.31. The van der Waals surface area contributed by atoms with Gasteiger partial charge >= 0.3 is 5.63 Å². The predicted molar refractivity (Wildman–Crippen MR) is 103 cm³/mol. The lowest BCUT2D eigenvalue weighted by atomic mass is 9.97. The molecule has 1 aliphatic heterocycles. The van der Waals surface area contributed by atoms with Crippen molar-refractivity contribution in [1.29, 1.82) is 0 Å². The zero-order chi connectivity index (χ0) is 20.5. The second kappa shape index (κ2) is 7.90. The van der Waals surface area contributed by atoms with E-state index in [1.807, 2.05) is 0 Å². The summed E-state index contributed by atoms with van der Waals surface area (Å²) in [7, 11) is 0. The topological polar surface area (TPSA) is 145 Å². The van der Waals surface area contributed by atoms with Gasteiger partial charge in [-0.3, -0.25) is 4.98 Å². The van der Waals surface area contributed by atoms with Crippen LogP contribution in [0.25, 0.3) is 22.1 Å². The van der Waals surface area contributed by atoms with E-state index in [1.54, 1.807) is 48.8 Å². The molecule has 4 rings (SSSR count). The molecule has 2 aromatic heterocycles. The third kappa shape index (κ3) is 3.74. The monoisotopic (exact) mass is 400 g/mol. The van der Waals surface area contributed by atoms with Crippen molar-refractivity contribution in [2.24, 2.45) is 0 Å². The average molecular weight is 400 g/mol. The van der Waals surface area contributed by atoms with Crippen molar-refractivity contribution in [2.75, 3.05) is 11.9 Å². The number of hydrogen-bond donors (Lipinski definition) is 5. The largest absolute Gasteiger partial charge is 0.422 e. The highest BCUT2D eigenvalue weighted by molar-refractivity contribution is 5.84. The van der Waals surface area contributed by atoms with E-state index in [1.165, 1.54) is 0 Å². The van der Waals surface area contributed by atoms with Gasteiger partial charge in [-0.05, 0) is 35.9 Å². The minimum Gasteiger partial charge on any atom is -0.422 e. The first-order valence-corrected chi connectivity index (χ1v) is 9.03.